The van der Waals surface area contributed by atoms with Gasteiger partial charge in [-0.05, 0) is 29.2 Å². The Labute approximate surface area is 222 Å². The summed E-state index contributed by atoms with van der Waals surface area (Å²) < 4.78 is 60.4. The molecule has 0 fully saturated rings. The van der Waals surface area contributed by atoms with Gasteiger partial charge in [-0.1, -0.05) is 32.4 Å². The normalized spacial score (nSPS) is 15.7. The summed E-state index contributed by atoms with van der Waals surface area (Å²) in [5.41, 5.74) is -0.936. The molecule has 0 radical (unpaired) electrons. The van der Waals surface area contributed by atoms with Crippen molar-refractivity contribution in [3.63, 3.8) is 0 Å². The van der Waals surface area contributed by atoms with Gasteiger partial charge in [0.1, 0.15) is 19.0 Å². The number of ether oxygens (including phenoxy) is 4. The first-order valence-electron chi connectivity index (χ1n) is 10.8. The van der Waals surface area contributed by atoms with Crippen LogP contribution in [-0.4, -0.2) is 60.2 Å². The smallest absolute Gasteiger partial charge is 0.475 e. The van der Waals surface area contributed by atoms with Crippen molar-refractivity contribution in [2.75, 3.05) is 13.2 Å². The highest BCUT2D eigenvalue weighted by Crippen LogP contribution is 2.42. The predicted octanol–water partition coefficient (Wildman–Crippen LogP) is 4.17. The fraction of sp³-hybridized carbons (Fsp3) is 0.524. The van der Waals surface area contributed by atoms with E-state index in [-0.39, 0.29) is 16.3 Å². The number of alkyl halides is 3. The first kappa shape index (κ1) is 31.2. The van der Waals surface area contributed by atoms with Gasteiger partial charge in [-0.3, -0.25) is 0 Å². The topological polar surface area (TPSA) is 176 Å². The molecular weight excluding hydrogens is 565 g/mol. The summed E-state index contributed by atoms with van der Waals surface area (Å²) in [6.45, 7) is 4.36. The van der Waals surface area contributed by atoms with Gasteiger partial charge in [0.05, 0.1) is 5.57 Å². The minimum atomic E-state index is -5.05. The molecule has 18 heteroatoms. The van der Waals surface area contributed by atoms with Crippen molar-refractivity contribution in [2.45, 2.75) is 57.8 Å². The van der Waals surface area contributed by atoms with Crippen molar-refractivity contribution < 1.29 is 61.6 Å². The maximum absolute atomic E-state index is 13.8. The van der Waals surface area contributed by atoms with Gasteiger partial charge < -0.3 is 28.6 Å². The highest BCUT2D eigenvalue weighted by molar-refractivity contribution is 6.31. The average molecular weight is 587 g/mol. The maximum atomic E-state index is 13.8. The number of nitrogens with zero attached hydrogens (tertiary/aromatic N) is 2. The lowest BCUT2D eigenvalue weighted by Crippen LogP contribution is -2.41. The van der Waals surface area contributed by atoms with Crippen molar-refractivity contribution in [1.82, 2.24) is 0 Å². The molecule has 0 aliphatic carbocycles. The zero-order valence-corrected chi connectivity index (χ0v) is 21.4. The molecule has 0 amide bonds. The van der Waals surface area contributed by atoms with Crippen molar-refractivity contribution >= 4 is 29.8 Å². The standard InChI is InChI=1S/C21H22ClF3N2O12/c1-10(37-19(29)38-12(8-34-26(30)31)9-35-27(32)33)36-18(28)13-5-11-6-15(22)14(20(2,3)4)7-16(11)39-17(13)21(23,24)25/h5-7,10,12,17H,8-9H2,1-4H3/t10?,17-/m0/s1. The van der Waals surface area contributed by atoms with Gasteiger partial charge in [0, 0.05) is 17.5 Å². The van der Waals surface area contributed by atoms with Crippen LogP contribution in [0.5, 0.6) is 5.75 Å². The Balaban J connectivity index is 2.18. The lowest BCUT2D eigenvalue weighted by molar-refractivity contribution is -0.768. The molecule has 1 heterocycles. The van der Waals surface area contributed by atoms with Gasteiger partial charge in [0.15, 0.2) is 6.10 Å². The van der Waals surface area contributed by atoms with Crippen molar-refractivity contribution in [3.05, 3.63) is 54.1 Å². The summed E-state index contributed by atoms with van der Waals surface area (Å²) in [6.07, 6.45) is -12.1. The van der Waals surface area contributed by atoms with Gasteiger partial charge in [0.2, 0.25) is 12.4 Å². The largest absolute Gasteiger partial charge is 0.511 e. The first-order valence-corrected chi connectivity index (χ1v) is 11.2. The van der Waals surface area contributed by atoms with Crippen molar-refractivity contribution in [2.24, 2.45) is 0 Å². The number of rotatable bonds is 10. The quantitative estimate of drug-likeness (QED) is 0.166. The summed E-state index contributed by atoms with van der Waals surface area (Å²) >= 11 is 6.27. The van der Waals surface area contributed by atoms with Crippen LogP contribution in [0, 0.1) is 20.2 Å². The molecule has 39 heavy (non-hydrogen) atoms. The molecule has 0 aromatic heterocycles. The Morgan fingerprint density at radius 1 is 1.05 bits per heavy atom. The number of benzene rings is 1. The number of esters is 1. The molecule has 216 valence electrons. The van der Waals surface area contributed by atoms with Gasteiger partial charge in [-0.25, -0.2) is 9.59 Å². The zero-order chi connectivity index (χ0) is 29.7. The molecule has 0 spiro atoms. The Hall–Kier alpha value is -4.02. The van der Waals surface area contributed by atoms with Crippen molar-refractivity contribution in [3.8, 4) is 5.75 Å². The van der Waals surface area contributed by atoms with E-state index < -0.39 is 71.2 Å². The molecule has 0 saturated carbocycles. The number of hydrogen-bond donors (Lipinski definition) is 0. The number of hydrogen-bond acceptors (Lipinski definition) is 12. The molecule has 1 aromatic rings. The van der Waals surface area contributed by atoms with Crippen LogP contribution >= 0.6 is 11.6 Å². The number of halogens is 4. The maximum Gasteiger partial charge on any atom is 0.511 e. The molecule has 0 N–H and O–H groups in total. The molecule has 14 nitrogen and oxygen atoms in total. The molecule has 1 aliphatic rings. The summed E-state index contributed by atoms with van der Waals surface area (Å²) in [4.78, 5) is 53.1. The van der Waals surface area contributed by atoms with E-state index in [1.54, 1.807) is 20.8 Å². The number of carbonyl (C=O) groups is 2. The van der Waals surface area contributed by atoms with E-state index in [0.29, 0.717) is 5.56 Å². The lowest BCUT2D eigenvalue weighted by Gasteiger charge is -2.30. The summed E-state index contributed by atoms with van der Waals surface area (Å²) in [7, 11) is 0. The third-order valence-electron chi connectivity index (χ3n) is 4.81. The van der Waals surface area contributed by atoms with Crippen LogP contribution in [-0.2, 0) is 34.1 Å². The lowest BCUT2D eigenvalue weighted by atomic mass is 9.85. The van der Waals surface area contributed by atoms with Crippen molar-refractivity contribution in [1.29, 1.82) is 0 Å². The summed E-state index contributed by atoms with van der Waals surface area (Å²) in [6, 6.07) is 2.67. The molecular formula is C21H22ClF3N2O12. The molecule has 1 aliphatic heterocycles. The van der Waals surface area contributed by atoms with E-state index in [0.717, 1.165) is 13.0 Å². The van der Waals surface area contributed by atoms with E-state index in [4.69, 9.17) is 21.1 Å². The number of fused-ring (bicyclic) bond motifs is 1. The van der Waals surface area contributed by atoms with Gasteiger partial charge in [-0.2, -0.15) is 13.2 Å². The third kappa shape index (κ3) is 9.05. The van der Waals surface area contributed by atoms with Crippen LogP contribution in [0.15, 0.2) is 17.7 Å². The van der Waals surface area contributed by atoms with Crippen LogP contribution in [0.25, 0.3) is 6.08 Å². The summed E-state index contributed by atoms with van der Waals surface area (Å²) in [5, 5.41) is 18.3. The van der Waals surface area contributed by atoms with Crippen LogP contribution in [0.2, 0.25) is 5.02 Å². The average Bonchev–Trinajstić information content (AvgIpc) is 2.77. The monoisotopic (exact) mass is 586 g/mol. The second-order valence-electron chi connectivity index (χ2n) is 8.88. The van der Waals surface area contributed by atoms with E-state index in [1.165, 1.54) is 12.1 Å². The Bertz CT molecular complexity index is 1130. The van der Waals surface area contributed by atoms with E-state index in [1.807, 2.05) is 0 Å². The van der Waals surface area contributed by atoms with Gasteiger partial charge >= 0.3 is 18.3 Å². The SMILES string of the molecule is CC(OC(=O)OC(CO[N+](=O)[O-])CO[N+](=O)[O-])OC(=O)C1=Cc2cc(Cl)c(C(C)(C)C)cc2O[C@@H]1C(F)(F)F. The van der Waals surface area contributed by atoms with E-state index in [2.05, 4.69) is 19.1 Å². The fourth-order valence-corrected chi connectivity index (χ4v) is 3.60. The molecule has 2 atom stereocenters. The fourth-order valence-electron chi connectivity index (χ4n) is 3.15. The third-order valence-corrected chi connectivity index (χ3v) is 5.12. The van der Waals surface area contributed by atoms with E-state index in [9.17, 15) is 43.0 Å². The Morgan fingerprint density at radius 2 is 1.62 bits per heavy atom. The molecule has 0 saturated heterocycles. The minimum Gasteiger partial charge on any atom is -0.475 e. The number of carbonyl (C=O) groups excluding carboxylic acids is 2. The first-order chi connectivity index (χ1) is 17.9. The molecule has 1 unspecified atom stereocenters. The highest BCUT2D eigenvalue weighted by atomic mass is 35.5. The minimum absolute atomic E-state index is 0.0628. The second-order valence-corrected chi connectivity index (χ2v) is 9.29. The van der Waals surface area contributed by atoms with Crippen LogP contribution in [0.4, 0.5) is 18.0 Å². The molecule has 2 rings (SSSR count). The van der Waals surface area contributed by atoms with Gasteiger partial charge in [0.25, 0.3) is 10.2 Å². The Morgan fingerprint density at radius 3 is 2.10 bits per heavy atom. The molecule has 0 bridgehead atoms. The van der Waals surface area contributed by atoms with Crippen LogP contribution < -0.4 is 4.74 Å². The summed E-state index contributed by atoms with van der Waals surface area (Å²) in [5.74, 6) is -1.74. The van der Waals surface area contributed by atoms with Crippen LogP contribution in [0.3, 0.4) is 0 Å². The Kier molecular flexibility index (Phi) is 9.78. The van der Waals surface area contributed by atoms with Crippen LogP contribution in [0.1, 0.15) is 38.8 Å². The van der Waals surface area contributed by atoms with E-state index >= 15 is 0 Å². The van der Waals surface area contributed by atoms with Gasteiger partial charge in [-0.15, -0.1) is 20.2 Å². The predicted molar refractivity (Wildman–Crippen MR) is 121 cm³/mol. The highest BCUT2D eigenvalue weighted by Gasteiger charge is 2.49. The zero-order valence-electron chi connectivity index (χ0n) is 20.7. The molecule has 1 aromatic carbocycles. The second kappa shape index (κ2) is 12.2.